The number of amides is 1. The van der Waals surface area contributed by atoms with Crippen molar-refractivity contribution >= 4 is 29.1 Å². The zero-order valence-electron chi connectivity index (χ0n) is 19.6. The van der Waals surface area contributed by atoms with Crippen LogP contribution in [0.15, 0.2) is 29.8 Å². The second kappa shape index (κ2) is 9.48. The van der Waals surface area contributed by atoms with Gasteiger partial charge in [0.2, 0.25) is 5.78 Å². The molecular weight excluding hydrogens is 444 g/mol. The summed E-state index contributed by atoms with van der Waals surface area (Å²) < 4.78 is 4.74. The summed E-state index contributed by atoms with van der Waals surface area (Å²) in [5, 5.41) is 25.1. The molecule has 1 aliphatic heterocycles. The smallest absolute Gasteiger partial charge is 0.354 e. The number of hydrogen-bond donors (Lipinski definition) is 2. The number of Topliss-reactive ketones (excluding diaryl/α,β-unsaturated/α-hetero) is 1. The van der Waals surface area contributed by atoms with E-state index in [-0.39, 0.29) is 40.2 Å². The predicted molar refractivity (Wildman–Crippen MR) is 119 cm³/mol. The fourth-order valence-electron chi connectivity index (χ4n) is 4.13. The number of non-ortho nitro benzene ring substituents is 1. The molecule has 0 radical (unpaired) electrons. The fraction of sp³-hybridized carbons (Fsp3) is 0.348. The summed E-state index contributed by atoms with van der Waals surface area (Å²) in [6, 6.07) is 4.45. The van der Waals surface area contributed by atoms with Gasteiger partial charge in [-0.2, -0.15) is 0 Å². The molecule has 1 saturated heterocycles. The molecule has 2 heterocycles. The third-order valence-electron chi connectivity index (χ3n) is 5.83. The maximum Gasteiger partial charge on any atom is 0.354 e. The predicted octanol–water partition coefficient (Wildman–Crippen LogP) is -0.305. The average Bonchev–Trinajstić information content (AvgIpc) is 3.23. The molecule has 0 aliphatic carbocycles. The molecule has 0 spiro atoms. The molecular formula is C23H26N4O7. The van der Waals surface area contributed by atoms with Crippen molar-refractivity contribution in [3.05, 3.63) is 68.0 Å². The number of nitro groups is 1. The number of nitrogens with one attached hydrogen (secondary N) is 2. The van der Waals surface area contributed by atoms with Crippen LogP contribution in [-0.4, -0.2) is 66.8 Å². The number of quaternary nitrogens is 1. The monoisotopic (exact) mass is 470 g/mol. The normalized spacial score (nSPS) is 17.5. The minimum absolute atomic E-state index is 0.0701. The Kier molecular flexibility index (Phi) is 6.87. The lowest BCUT2D eigenvalue weighted by Gasteiger charge is -2.27. The Labute approximate surface area is 195 Å². The molecule has 1 fully saturated rings. The van der Waals surface area contributed by atoms with Gasteiger partial charge in [0.05, 0.1) is 45.3 Å². The molecule has 0 saturated carbocycles. The number of ketones is 1. The summed E-state index contributed by atoms with van der Waals surface area (Å²) in [5.74, 6) is -3.20. The zero-order chi connectivity index (χ0) is 25.3. The zero-order valence-corrected chi connectivity index (χ0v) is 19.6. The standard InChI is InChI=1S/C23H26N4O7/c1-12-16(13(2)24-18(12)23(31)34-5)20(28)17-19(14-7-6-8-15(11-14)27(32)33)26(10-9-25(3)4)22(30)21(17)29/h6-8,11,19,24,28H,9-10H2,1-5H3/b20-17+. The number of ether oxygens (including phenoxy) is 1. The quantitative estimate of drug-likeness (QED) is 0.141. The number of nitrogens with zero attached hydrogens (tertiary/aromatic N) is 2. The van der Waals surface area contributed by atoms with Crippen LogP contribution < -0.4 is 10.0 Å². The van der Waals surface area contributed by atoms with E-state index in [0.717, 1.165) is 4.90 Å². The number of likely N-dealkylation sites (N-methyl/N-ethyl adjacent to an activating group) is 1. The van der Waals surface area contributed by atoms with Gasteiger partial charge in [0.25, 0.3) is 11.6 Å². The molecule has 2 aromatic rings. The van der Waals surface area contributed by atoms with Crippen molar-refractivity contribution in [3.63, 3.8) is 0 Å². The van der Waals surface area contributed by atoms with E-state index < -0.39 is 34.4 Å². The first kappa shape index (κ1) is 24.6. The van der Waals surface area contributed by atoms with Crippen molar-refractivity contribution < 1.29 is 34.1 Å². The number of H-pyrrole nitrogens is 1. The summed E-state index contributed by atoms with van der Waals surface area (Å²) in [7, 11) is 4.96. The highest BCUT2D eigenvalue weighted by molar-refractivity contribution is 6.46. The van der Waals surface area contributed by atoms with Crippen LogP contribution in [0.1, 0.15) is 38.9 Å². The highest BCUT2D eigenvalue weighted by atomic mass is 16.6. The molecule has 34 heavy (non-hydrogen) atoms. The molecule has 11 nitrogen and oxygen atoms in total. The molecule has 2 N–H and O–H groups in total. The molecule has 1 aliphatic rings. The Morgan fingerprint density at radius 1 is 1.26 bits per heavy atom. The number of esters is 1. The molecule has 11 heteroatoms. The van der Waals surface area contributed by atoms with E-state index in [1.807, 2.05) is 14.1 Å². The maximum atomic E-state index is 13.7. The number of aromatic nitrogens is 1. The van der Waals surface area contributed by atoms with Crippen LogP contribution in [0.4, 0.5) is 5.69 Å². The number of likely N-dealkylation sites (tertiary alicyclic amines) is 1. The first-order chi connectivity index (χ1) is 16.0. The third-order valence-corrected chi connectivity index (χ3v) is 5.83. The van der Waals surface area contributed by atoms with E-state index in [0.29, 0.717) is 12.2 Å². The number of aryl methyl sites for hydroxylation is 1. The van der Waals surface area contributed by atoms with E-state index in [2.05, 4.69) is 4.98 Å². The molecule has 1 unspecified atom stereocenters. The van der Waals surface area contributed by atoms with E-state index >= 15 is 0 Å². The van der Waals surface area contributed by atoms with Crippen molar-refractivity contribution in [2.75, 3.05) is 34.3 Å². The average molecular weight is 470 g/mol. The van der Waals surface area contributed by atoms with Crippen LogP contribution in [0.25, 0.3) is 5.76 Å². The van der Waals surface area contributed by atoms with Gasteiger partial charge in [0, 0.05) is 23.4 Å². The van der Waals surface area contributed by atoms with Gasteiger partial charge >= 0.3 is 5.97 Å². The van der Waals surface area contributed by atoms with Gasteiger partial charge in [0.1, 0.15) is 5.69 Å². The summed E-state index contributed by atoms with van der Waals surface area (Å²) in [6.45, 7) is 3.76. The first-order valence-corrected chi connectivity index (χ1v) is 10.6. The number of aromatic amines is 1. The molecule has 1 atom stereocenters. The maximum absolute atomic E-state index is 13.7. The molecule has 1 aromatic heterocycles. The lowest BCUT2D eigenvalue weighted by Crippen LogP contribution is -3.06. The van der Waals surface area contributed by atoms with Crippen LogP contribution >= 0.6 is 0 Å². The topological polar surface area (TPSA) is 150 Å². The van der Waals surface area contributed by atoms with Crippen molar-refractivity contribution in [1.29, 1.82) is 0 Å². The third kappa shape index (κ3) is 4.29. The van der Waals surface area contributed by atoms with E-state index in [1.54, 1.807) is 19.9 Å². The van der Waals surface area contributed by atoms with Gasteiger partial charge in [-0.3, -0.25) is 19.7 Å². The summed E-state index contributed by atoms with van der Waals surface area (Å²) in [4.78, 5) is 54.0. The lowest BCUT2D eigenvalue weighted by atomic mass is 9.94. The van der Waals surface area contributed by atoms with Crippen LogP contribution in [0, 0.1) is 24.0 Å². The van der Waals surface area contributed by atoms with Gasteiger partial charge in [0.15, 0.2) is 0 Å². The first-order valence-electron chi connectivity index (χ1n) is 10.6. The number of methoxy groups -OCH3 is 1. The minimum Gasteiger partial charge on any atom is -0.872 e. The van der Waals surface area contributed by atoms with Crippen LogP contribution in [0.5, 0.6) is 0 Å². The van der Waals surface area contributed by atoms with Gasteiger partial charge in [-0.1, -0.05) is 17.9 Å². The van der Waals surface area contributed by atoms with Gasteiger partial charge in [-0.25, -0.2) is 4.79 Å². The Balaban J connectivity index is 2.26. The number of carbonyl (C=O) groups excluding carboxylic acids is 3. The number of nitro benzene ring substituents is 1. The van der Waals surface area contributed by atoms with Crippen LogP contribution in [-0.2, 0) is 14.3 Å². The van der Waals surface area contributed by atoms with Crippen molar-refractivity contribution in [1.82, 2.24) is 9.88 Å². The minimum atomic E-state index is -1.10. The number of rotatable bonds is 7. The Morgan fingerprint density at radius 3 is 2.53 bits per heavy atom. The molecule has 1 aromatic carbocycles. The fourth-order valence-corrected chi connectivity index (χ4v) is 4.13. The second-order valence-electron chi connectivity index (χ2n) is 8.40. The highest BCUT2D eigenvalue weighted by Gasteiger charge is 2.45. The van der Waals surface area contributed by atoms with Gasteiger partial charge in [-0.05, 0) is 30.5 Å². The largest absolute Gasteiger partial charge is 0.872 e. The van der Waals surface area contributed by atoms with E-state index in [4.69, 9.17) is 4.74 Å². The molecule has 180 valence electrons. The number of carbonyl (C=O) groups is 3. The highest BCUT2D eigenvalue weighted by Crippen LogP contribution is 2.40. The Morgan fingerprint density at radius 2 is 1.94 bits per heavy atom. The van der Waals surface area contributed by atoms with Gasteiger partial charge < -0.3 is 24.6 Å². The van der Waals surface area contributed by atoms with Gasteiger partial charge in [-0.15, -0.1) is 0 Å². The van der Waals surface area contributed by atoms with Crippen LogP contribution in [0.2, 0.25) is 0 Å². The lowest BCUT2D eigenvalue weighted by molar-refractivity contribution is -0.857. The second-order valence-corrected chi connectivity index (χ2v) is 8.40. The van der Waals surface area contributed by atoms with E-state index in [9.17, 15) is 29.6 Å². The number of benzene rings is 1. The van der Waals surface area contributed by atoms with Crippen LogP contribution in [0.3, 0.4) is 0 Å². The Bertz CT molecular complexity index is 1210. The summed E-state index contributed by atoms with van der Waals surface area (Å²) in [5.41, 5.74) is 0.537. The van der Waals surface area contributed by atoms with E-state index in [1.165, 1.54) is 30.2 Å². The molecule has 0 bridgehead atoms. The molecule has 1 amide bonds. The Hall–Kier alpha value is -3.99. The van der Waals surface area contributed by atoms with Crippen molar-refractivity contribution in [3.8, 4) is 0 Å². The summed E-state index contributed by atoms with van der Waals surface area (Å²) >= 11 is 0. The SMILES string of the molecule is COC(=O)c1[nH]c(C)c(/C([O-])=C2\C(=O)C(=O)N(CC[NH+](C)C)C2c2cccc([N+](=O)[O-])c2)c1C. The number of hydrogen-bond acceptors (Lipinski definition) is 7. The molecule has 3 rings (SSSR count). The van der Waals surface area contributed by atoms with Crippen molar-refractivity contribution in [2.45, 2.75) is 19.9 Å². The summed E-state index contributed by atoms with van der Waals surface area (Å²) in [6.07, 6.45) is 0. The van der Waals surface area contributed by atoms with Crippen molar-refractivity contribution in [2.24, 2.45) is 0 Å².